The second-order valence-corrected chi connectivity index (χ2v) is 7.63. The lowest BCUT2D eigenvalue weighted by Gasteiger charge is -2.17. The molecule has 1 rings (SSSR count). The Balaban J connectivity index is 2.81. The second-order valence-electron chi connectivity index (χ2n) is 7.63. The van der Waals surface area contributed by atoms with Gasteiger partial charge in [-0.15, -0.1) is 0 Å². The second kappa shape index (κ2) is 13.8. The van der Waals surface area contributed by atoms with Crippen molar-refractivity contribution in [3.8, 4) is 0 Å². The number of carbonyl (C=O) groups excluding carboxylic acids is 1. The van der Waals surface area contributed by atoms with E-state index in [4.69, 9.17) is 5.73 Å². The lowest BCUT2D eigenvalue weighted by molar-refractivity contribution is 0.0999. The molecule has 0 radical (unpaired) electrons. The van der Waals surface area contributed by atoms with Crippen LogP contribution in [0.3, 0.4) is 0 Å². The molecule has 0 bridgehead atoms. The Hall–Kier alpha value is -1.31. The summed E-state index contributed by atoms with van der Waals surface area (Å²) in [6.07, 6.45) is 17.2. The van der Waals surface area contributed by atoms with Crippen molar-refractivity contribution in [3.63, 3.8) is 0 Å². The zero-order chi connectivity index (χ0) is 19.2. The number of unbranched alkanes of at least 4 members (excludes halogenated alkanes) is 9. The summed E-state index contributed by atoms with van der Waals surface area (Å²) in [6.45, 7) is 6.72. The average molecular weight is 360 g/mol. The fraction of sp³-hybridized carbons (Fsp3) is 0.708. The highest BCUT2D eigenvalue weighted by molar-refractivity contribution is 5.94. The molecule has 2 N–H and O–H groups in total. The topological polar surface area (TPSA) is 43.1 Å². The Morgan fingerprint density at radius 3 is 1.73 bits per heavy atom. The monoisotopic (exact) mass is 359 g/mol. The average Bonchev–Trinajstić information content (AvgIpc) is 2.64. The smallest absolute Gasteiger partial charge is 0.248 e. The molecule has 1 amide bonds. The van der Waals surface area contributed by atoms with Gasteiger partial charge in [0, 0.05) is 5.56 Å². The van der Waals surface area contributed by atoms with Gasteiger partial charge < -0.3 is 5.73 Å². The molecule has 0 aliphatic rings. The van der Waals surface area contributed by atoms with Gasteiger partial charge in [-0.1, -0.05) is 84.6 Å². The highest BCUT2D eigenvalue weighted by Crippen LogP contribution is 2.25. The summed E-state index contributed by atoms with van der Waals surface area (Å²) in [5, 5.41) is 0. The van der Waals surface area contributed by atoms with Gasteiger partial charge in [-0.05, 0) is 54.9 Å². The van der Waals surface area contributed by atoms with Crippen molar-refractivity contribution >= 4 is 5.91 Å². The number of nitrogens with two attached hydrogens (primary N) is 1. The molecule has 0 spiro atoms. The van der Waals surface area contributed by atoms with E-state index >= 15 is 0 Å². The van der Waals surface area contributed by atoms with Crippen molar-refractivity contribution < 1.29 is 4.79 Å². The van der Waals surface area contributed by atoms with Crippen LogP contribution in [0.2, 0.25) is 0 Å². The van der Waals surface area contributed by atoms with E-state index in [-0.39, 0.29) is 5.91 Å². The Kier molecular flexibility index (Phi) is 12.1. The molecule has 0 saturated carbocycles. The summed E-state index contributed by atoms with van der Waals surface area (Å²) in [5.74, 6) is -0.263. The van der Waals surface area contributed by atoms with Crippen molar-refractivity contribution in [3.05, 3.63) is 34.4 Å². The molecule has 1 aromatic rings. The standard InChI is InChI=1S/C24H41NO/c1-4-7-9-11-13-15-17-22-21(16-14-12-10-8-5-2)20(6-3)18-19-23(22)24(25)26/h18-19H,4-17H2,1-3H3,(H2,25,26). The summed E-state index contributed by atoms with van der Waals surface area (Å²) < 4.78 is 0. The largest absolute Gasteiger partial charge is 0.366 e. The van der Waals surface area contributed by atoms with Crippen LogP contribution < -0.4 is 5.73 Å². The molecule has 2 nitrogen and oxygen atoms in total. The van der Waals surface area contributed by atoms with E-state index in [9.17, 15) is 4.79 Å². The van der Waals surface area contributed by atoms with Crippen LogP contribution in [0.4, 0.5) is 0 Å². The lowest BCUT2D eigenvalue weighted by Crippen LogP contribution is -2.16. The molecule has 0 fully saturated rings. The van der Waals surface area contributed by atoms with Gasteiger partial charge in [0.1, 0.15) is 0 Å². The van der Waals surface area contributed by atoms with Gasteiger partial charge in [0.15, 0.2) is 0 Å². The van der Waals surface area contributed by atoms with Crippen LogP contribution in [0.15, 0.2) is 12.1 Å². The van der Waals surface area contributed by atoms with Crippen LogP contribution in [0, 0.1) is 0 Å². The summed E-state index contributed by atoms with van der Waals surface area (Å²) in [4.78, 5) is 12.0. The molecule has 0 heterocycles. The Morgan fingerprint density at radius 1 is 0.731 bits per heavy atom. The predicted molar refractivity (Wildman–Crippen MR) is 114 cm³/mol. The zero-order valence-electron chi connectivity index (χ0n) is 17.5. The highest BCUT2D eigenvalue weighted by atomic mass is 16.1. The molecule has 0 unspecified atom stereocenters. The lowest BCUT2D eigenvalue weighted by atomic mass is 9.87. The Labute approximate surface area is 162 Å². The maximum Gasteiger partial charge on any atom is 0.248 e. The first-order chi connectivity index (χ1) is 12.7. The van der Waals surface area contributed by atoms with Crippen LogP contribution in [-0.4, -0.2) is 5.91 Å². The van der Waals surface area contributed by atoms with Gasteiger partial charge >= 0.3 is 0 Å². The van der Waals surface area contributed by atoms with E-state index < -0.39 is 0 Å². The number of hydrogen-bond donors (Lipinski definition) is 1. The van der Waals surface area contributed by atoms with Crippen LogP contribution in [0.25, 0.3) is 0 Å². The first-order valence-electron chi connectivity index (χ1n) is 11.1. The number of primary amides is 1. The van der Waals surface area contributed by atoms with Crippen LogP contribution >= 0.6 is 0 Å². The molecule has 0 aliphatic heterocycles. The summed E-state index contributed by atoms with van der Waals surface area (Å²) in [6, 6.07) is 4.10. The van der Waals surface area contributed by atoms with E-state index in [2.05, 4.69) is 26.8 Å². The number of aryl methyl sites for hydroxylation is 1. The van der Waals surface area contributed by atoms with Crippen molar-refractivity contribution in [1.29, 1.82) is 0 Å². The summed E-state index contributed by atoms with van der Waals surface area (Å²) in [7, 11) is 0. The van der Waals surface area contributed by atoms with E-state index in [1.165, 1.54) is 87.3 Å². The minimum absolute atomic E-state index is 0.263. The third-order valence-corrected chi connectivity index (χ3v) is 5.49. The number of hydrogen-bond acceptors (Lipinski definition) is 1. The predicted octanol–water partition coefficient (Wildman–Crippen LogP) is 6.76. The molecule has 26 heavy (non-hydrogen) atoms. The van der Waals surface area contributed by atoms with Crippen molar-refractivity contribution in [2.45, 2.75) is 111 Å². The first kappa shape index (κ1) is 22.7. The van der Waals surface area contributed by atoms with E-state index in [1.54, 1.807) is 0 Å². The van der Waals surface area contributed by atoms with Crippen LogP contribution in [-0.2, 0) is 19.3 Å². The van der Waals surface area contributed by atoms with Crippen LogP contribution in [0.5, 0.6) is 0 Å². The number of amides is 1. The normalized spacial score (nSPS) is 11.0. The van der Waals surface area contributed by atoms with Gasteiger partial charge in [-0.3, -0.25) is 4.79 Å². The molecule has 0 atom stereocenters. The fourth-order valence-electron chi connectivity index (χ4n) is 3.89. The van der Waals surface area contributed by atoms with E-state index in [0.29, 0.717) is 0 Å². The molecular formula is C24H41NO. The van der Waals surface area contributed by atoms with Crippen molar-refractivity contribution in [2.24, 2.45) is 5.73 Å². The third kappa shape index (κ3) is 7.93. The van der Waals surface area contributed by atoms with Crippen molar-refractivity contribution in [1.82, 2.24) is 0 Å². The molecule has 0 aliphatic carbocycles. The van der Waals surface area contributed by atoms with Gasteiger partial charge in [-0.2, -0.15) is 0 Å². The Bertz CT molecular complexity index is 521. The number of carbonyl (C=O) groups is 1. The number of benzene rings is 1. The summed E-state index contributed by atoms with van der Waals surface area (Å²) in [5.41, 5.74) is 10.5. The molecule has 148 valence electrons. The summed E-state index contributed by atoms with van der Waals surface area (Å²) >= 11 is 0. The van der Waals surface area contributed by atoms with Crippen molar-refractivity contribution in [2.75, 3.05) is 0 Å². The van der Waals surface area contributed by atoms with Gasteiger partial charge in [0.05, 0.1) is 0 Å². The van der Waals surface area contributed by atoms with Crippen LogP contribution in [0.1, 0.15) is 118 Å². The maximum absolute atomic E-state index is 12.0. The quantitative estimate of drug-likeness (QED) is 0.345. The molecule has 2 heteroatoms. The first-order valence-corrected chi connectivity index (χ1v) is 11.1. The number of rotatable bonds is 15. The third-order valence-electron chi connectivity index (χ3n) is 5.49. The van der Waals surface area contributed by atoms with Gasteiger partial charge in [0.25, 0.3) is 0 Å². The van der Waals surface area contributed by atoms with E-state index in [1.807, 2.05) is 6.07 Å². The highest BCUT2D eigenvalue weighted by Gasteiger charge is 2.15. The molecule has 0 saturated heterocycles. The fourth-order valence-corrected chi connectivity index (χ4v) is 3.89. The van der Waals surface area contributed by atoms with Gasteiger partial charge in [-0.25, -0.2) is 0 Å². The molecule has 0 aromatic heterocycles. The maximum atomic E-state index is 12.0. The van der Waals surface area contributed by atoms with E-state index in [0.717, 1.165) is 24.8 Å². The molecular weight excluding hydrogens is 318 g/mol. The zero-order valence-corrected chi connectivity index (χ0v) is 17.5. The van der Waals surface area contributed by atoms with Gasteiger partial charge in [0.2, 0.25) is 5.91 Å². The SMILES string of the molecule is CCCCCCCCc1c(C(N)=O)ccc(CC)c1CCCCCCC. The Morgan fingerprint density at radius 2 is 1.23 bits per heavy atom. The minimum Gasteiger partial charge on any atom is -0.366 e. The minimum atomic E-state index is -0.263. The molecule has 1 aromatic carbocycles.